The van der Waals surface area contributed by atoms with Gasteiger partial charge in [-0.2, -0.15) is 0 Å². The Morgan fingerprint density at radius 3 is 2.95 bits per heavy atom. The first-order valence-electron chi connectivity index (χ1n) is 6.79. The van der Waals surface area contributed by atoms with E-state index in [2.05, 4.69) is 11.1 Å². The topological polar surface area (TPSA) is 42.4 Å². The summed E-state index contributed by atoms with van der Waals surface area (Å²) in [7, 11) is 0. The highest BCUT2D eigenvalue weighted by Gasteiger charge is 2.62. The van der Waals surface area contributed by atoms with E-state index in [9.17, 15) is 4.79 Å². The zero-order valence-corrected chi connectivity index (χ0v) is 11.7. The summed E-state index contributed by atoms with van der Waals surface area (Å²) in [6.07, 6.45) is 4.69. The molecule has 1 saturated carbocycles. The molecule has 1 aliphatic heterocycles. The number of hydrogen-bond acceptors (Lipinski definition) is 3. The third-order valence-corrected chi connectivity index (χ3v) is 4.03. The van der Waals surface area contributed by atoms with E-state index in [-0.39, 0.29) is 11.5 Å². The number of aromatic nitrogens is 1. The van der Waals surface area contributed by atoms with Gasteiger partial charge in [0.2, 0.25) is 0 Å². The number of likely N-dealkylation sites (tertiary alicyclic amines) is 1. The van der Waals surface area contributed by atoms with Gasteiger partial charge in [0.05, 0.1) is 0 Å². The summed E-state index contributed by atoms with van der Waals surface area (Å²) in [4.78, 5) is 18.1. The van der Waals surface area contributed by atoms with Gasteiger partial charge in [-0.3, -0.25) is 4.98 Å². The molecule has 1 aliphatic carbocycles. The van der Waals surface area contributed by atoms with E-state index in [1.165, 1.54) is 5.56 Å². The number of ether oxygens (including phenoxy) is 1. The second kappa shape index (κ2) is 3.95. The van der Waals surface area contributed by atoms with Crippen molar-refractivity contribution in [1.82, 2.24) is 9.88 Å². The molecule has 2 heterocycles. The molecular weight excluding hydrogens is 240 g/mol. The SMILES string of the molecule is CC(C)(C)OC(=O)N1CC2CC2(c2cccnc2)C1. The van der Waals surface area contributed by atoms with Crippen LogP contribution in [0.2, 0.25) is 0 Å². The minimum absolute atomic E-state index is 0.144. The number of amides is 1. The van der Waals surface area contributed by atoms with E-state index in [1.807, 2.05) is 37.9 Å². The largest absolute Gasteiger partial charge is 0.444 e. The molecule has 0 N–H and O–H groups in total. The molecule has 2 unspecified atom stereocenters. The van der Waals surface area contributed by atoms with E-state index < -0.39 is 5.60 Å². The van der Waals surface area contributed by atoms with Gasteiger partial charge in [0.1, 0.15) is 5.60 Å². The Bertz CT molecular complexity index is 495. The number of pyridine rings is 1. The van der Waals surface area contributed by atoms with Gasteiger partial charge in [-0.15, -0.1) is 0 Å². The van der Waals surface area contributed by atoms with Crippen LogP contribution in [0.4, 0.5) is 4.79 Å². The lowest BCUT2D eigenvalue weighted by Crippen LogP contribution is -2.37. The van der Waals surface area contributed by atoms with Crippen LogP contribution < -0.4 is 0 Å². The highest BCUT2D eigenvalue weighted by molar-refractivity contribution is 5.69. The first-order chi connectivity index (χ1) is 8.91. The van der Waals surface area contributed by atoms with Crippen molar-refractivity contribution in [3.63, 3.8) is 0 Å². The Kier molecular flexibility index (Phi) is 2.59. The van der Waals surface area contributed by atoms with Gasteiger partial charge in [0, 0.05) is 30.9 Å². The predicted molar refractivity (Wildman–Crippen MR) is 71.8 cm³/mol. The molecule has 2 fully saturated rings. The van der Waals surface area contributed by atoms with Crippen molar-refractivity contribution in [2.24, 2.45) is 5.92 Å². The fourth-order valence-electron chi connectivity index (χ4n) is 3.05. The molecule has 0 aromatic carbocycles. The highest BCUT2D eigenvalue weighted by Crippen LogP contribution is 2.58. The monoisotopic (exact) mass is 260 g/mol. The van der Waals surface area contributed by atoms with Crippen molar-refractivity contribution in [2.75, 3.05) is 13.1 Å². The third kappa shape index (κ3) is 2.20. The number of carbonyl (C=O) groups excluding carboxylic acids is 1. The molecule has 4 heteroatoms. The average molecular weight is 260 g/mol. The predicted octanol–water partition coefficient (Wildman–Crippen LogP) is 2.59. The molecule has 0 spiro atoms. The summed E-state index contributed by atoms with van der Waals surface area (Å²) >= 11 is 0. The van der Waals surface area contributed by atoms with Crippen LogP contribution in [-0.2, 0) is 10.2 Å². The maximum Gasteiger partial charge on any atom is 0.410 e. The van der Waals surface area contributed by atoms with E-state index in [0.29, 0.717) is 5.92 Å². The molecule has 0 bridgehead atoms. The van der Waals surface area contributed by atoms with E-state index in [1.54, 1.807) is 6.20 Å². The van der Waals surface area contributed by atoms with Crippen LogP contribution in [-0.4, -0.2) is 34.7 Å². The van der Waals surface area contributed by atoms with Crippen LogP contribution in [0.3, 0.4) is 0 Å². The van der Waals surface area contributed by atoms with Crippen LogP contribution in [0.15, 0.2) is 24.5 Å². The molecular formula is C15H20N2O2. The minimum Gasteiger partial charge on any atom is -0.444 e. The molecule has 19 heavy (non-hydrogen) atoms. The Labute approximate surface area is 113 Å². The maximum atomic E-state index is 12.1. The van der Waals surface area contributed by atoms with Gasteiger partial charge in [0.25, 0.3) is 0 Å². The van der Waals surface area contributed by atoms with Crippen molar-refractivity contribution in [1.29, 1.82) is 0 Å². The summed E-state index contributed by atoms with van der Waals surface area (Å²) in [5.41, 5.74) is 0.974. The Morgan fingerprint density at radius 2 is 2.32 bits per heavy atom. The number of rotatable bonds is 1. The molecule has 102 valence electrons. The van der Waals surface area contributed by atoms with Crippen LogP contribution in [0.1, 0.15) is 32.8 Å². The molecule has 1 amide bonds. The Balaban J connectivity index is 1.71. The summed E-state index contributed by atoms with van der Waals surface area (Å²) in [6, 6.07) is 4.08. The normalized spacial score (nSPS) is 29.0. The van der Waals surface area contributed by atoms with Gasteiger partial charge in [-0.25, -0.2) is 4.79 Å². The Morgan fingerprint density at radius 1 is 1.53 bits per heavy atom. The molecule has 3 rings (SSSR count). The molecule has 0 radical (unpaired) electrons. The maximum absolute atomic E-state index is 12.1. The first-order valence-corrected chi connectivity index (χ1v) is 6.79. The summed E-state index contributed by atoms with van der Waals surface area (Å²) in [6.45, 7) is 7.28. The average Bonchev–Trinajstić information content (AvgIpc) is 2.91. The van der Waals surface area contributed by atoms with Crippen molar-refractivity contribution < 1.29 is 9.53 Å². The minimum atomic E-state index is -0.425. The molecule has 1 aromatic heterocycles. The quantitative estimate of drug-likeness (QED) is 0.779. The molecule has 1 saturated heterocycles. The fourth-order valence-corrected chi connectivity index (χ4v) is 3.05. The number of carbonyl (C=O) groups is 1. The van der Waals surface area contributed by atoms with Gasteiger partial charge in [0.15, 0.2) is 0 Å². The zero-order chi connectivity index (χ0) is 13.7. The van der Waals surface area contributed by atoms with Gasteiger partial charge >= 0.3 is 6.09 Å². The second-order valence-corrected chi connectivity index (χ2v) is 6.66. The van der Waals surface area contributed by atoms with Gasteiger partial charge in [-0.1, -0.05) is 6.07 Å². The third-order valence-electron chi connectivity index (χ3n) is 4.03. The molecule has 4 nitrogen and oxygen atoms in total. The Hall–Kier alpha value is -1.58. The molecule has 2 atom stereocenters. The lowest BCUT2D eigenvalue weighted by Gasteiger charge is -2.26. The van der Waals surface area contributed by atoms with E-state index in [0.717, 1.165) is 19.5 Å². The lowest BCUT2D eigenvalue weighted by atomic mass is 9.97. The number of nitrogens with zero attached hydrogens (tertiary/aromatic N) is 2. The van der Waals surface area contributed by atoms with Crippen LogP contribution >= 0.6 is 0 Å². The van der Waals surface area contributed by atoms with Crippen LogP contribution in [0, 0.1) is 5.92 Å². The van der Waals surface area contributed by atoms with Crippen LogP contribution in [0.25, 0.3) is 0 Å². The molecule has 2 aliphatic rings. The van der Waals surface area contributed by atoms with E-state index >= 15 is 0 Å². The fraction of sp³-hybridized carbons (Fsp3) is 0.600. The number of piperidine rings is 1. The number of fused-ring (bicyclic) bond motifs is 1. The lowest BCUT2D eigenvalue weighted by molar-refractivity contribution is 0.0270. The first kappa shape index (κ1) is 12.5. The number of hydrogen-bond donors (Lipinski definition) is 0. The standard InChI is InChI=1S/C15H20N2O2/c1-14(2,3)19-13(18)17-9-12-7-15(12,10-17)11-5-4-6-16-8-11/h4-6,8,12H,7,9-10H2,1-3H3. The van der Waals surface area contributed by atoms with Crippen molar-refractivity contribution in [3.05, 3.63) is 30.1 Å². The van der Waals surface area contributed by atoms with Crippen molar-refractivity contribution in [2.45, 2.75) is 38.2 Å². The van der Waals surface area contributed by atoms with E-state index in [4.69, 9.17) is 4.74 Å². The summed E-state index contributed by atoms with van der Waals surface area (Å²) in [5, 5.41) is 0. The molecule has 1 aromatic rings. The second-order valence-electron chi connectivity index (χ2n) is 6.66. The highest BCUT2D eigenvalue weighted by atomic mass is 16.6. The van der Waals surface area contributed by atoms with Gasteiger partial charge in [-0.05, 0) is 44.7 Å². The van der Waals surface area contributed by atoms with Crippen LogP contribution in [0.5, 0.6) is 0 Å². The van der Waals surface area contributed by atoms with Crippen molar-refractivity contribution >= 4 is 6.09 Å². The smallest absolute Gasteiger partial charge is 0.410 e. The van der Waals surface area contributed by atoms with Gasteiger partial charge < -0.3 is 9.64 Å². The zero-order valence-electron chi connectivity index (χ0n) is 11.7. The summed E-state index contributed by atoms with van der Waals surface area (Å²) < 4.78 is 5.44. The van der Waals surface area contributed by atoms with Crippen molar-refractivity contribution in [3.8, 4) is 0 Å². The summed E-state index contributed by atoms with van der Waals surface area (Å²) in [5.74, 6) is 0.573.